The summed E-state index contributed by atoms with van der Waals surface area (Å²) in [6.07, 6.45) is 5.10. The maximum absolute atomic E-state index is 11.5. The number of hydrogen-bond acceptors (Lipinski definition) is 4. The number of aromatic nitrogens is 3. The third kappa shape index (κ3) is 2.53. The molecule has 1 saturated carbocycles. The fourth-order valence-electron chi connectivity index (χ4n) is 1.48. The third-order valence-corrected chi connectivity index (χ3v) is 2.57. The Bertz CT molecular complexity index is 344. The number of nitrogens with one attached hydrogen (secondary N) is 1. The van der Waals surface area contributed by atoms with Crippen LogP contribution in [-0.2, 0) is 17.9 Å². The molecular weight excluding hydrogens is 194 g/mol. The molecule has 6 nitrogen and oxygen atoms in total. The van der Waals surface area contributed by atoms with Gasteiger partial charge in [-0.1, -0.05) is 5.21 Å². The summed E-state index contributed by atoms with van der Waals surface area (Å²) < 4.78 is 1.51. The maximum atomic E-state index is 11.5. The van der Waals surface area contributed by atoms with Gasteiger partial charge in [-0.05, 0) is 19.3 Å². The van der Waals surface area contributed by atoms with Gasteiger partial charge in [0.25, 0.3) is 0 Å². The van der Waals surface area contributed by atoms with Gasteiger partial charge in [0.05, 0.1) is 11.9 Å². The summed E-state index contributed by atoms with van der Waals surface area (Å²) in [5, 5.41) is 10.5. The molecule has 1 fully saturated rings. The van der Waals surface area contributed by atoms with Crippen molar-refractivity contribution in [1.82, 2.24) is 20.3 Å². The molecule has 15 heavy (non-hydrogen) atoms. The van der Waals surface area contributed by atoms with Crippen LogP contribution in [-0.4, -0.2) is 26.9 Å². The van der Waals surface area contributed by atoms with Crippen molar-refractivity contribution in [3.8, 4) is 0 Å². The average molecular weight is 209 g/mol. The van der Waals surface area contributed by atoms with Crippen molar-refractivity contribution in [2.24, 2.45) is 5.73 Å². The van der Waals surface area contributed by atoms with E-state index in [1.54, 1.807) is 6.20 Å². The SMILES string of the molecule is NCc1cn(CC(=O)NC2CCC2)nn1. The molecule has 1 heterocycles. The number of rotatable bonds is 4. The normalized spacial score (nSPS) is 16.1. The van der Waals surface area contributed by atoms with E-state index in [1.807, 2.05) is 0 Å². The topological polar surface area (TPSA) is 85.8 Å². The van der Waals surface area contributed by atoms with E-state index in [1.165, 1.54) is 11.1 Å². The molecule has 0 aromatic carbocycles. The molecular formula is C9H15N5O. The van der Waals surface area contributed by atoms with E-state index >= 15 is 0 Å². The van der Waals surface area contributed by atoms with Gasteiger partial charge in [0.1, 0.15) is 6.54 Å². The summed E-state index contributed by atoms with van der Waals surface area (Å²) in [6.45, 7) is 0.577. The molecule has 1 amide bonds. The second-order valence-corrected chi connectivity index (χ2v) is 3.81. The van der Waals surface area contributed by atoms with Crippen LogP contribution in [0.5, 0.6) is 0 Å². The summed E-state index contributed by atoms with van der Waals surface area (Å²) in [7, 11) is 0. The van der Waals surface area contributed by atoms with E-state index < -0.39 is 0 Å². The predicted molar refractivity (Wildman–Crippen MR) is 53.7 cm³/mol. The Kier molecular flexibility index (Phi) is 2.96. The molecule has 3 N–H and O–H groups in total. The predicted octanol–water partition coefficient (Wildman–Crippen LogP) is -0.595. The van der Waals surface area contributed by atoms with E-state index in [2.05, 4.69) is 15.6 Å². The van der Waals surface area contributed by atoms with Crippen LogP contribution in [0.1, 0.15) is 25.0 Å². The van der Waals surface area contributed by atoms with E-state index in [0.29, 0.717) is 18.3 Å². The minimum absolute atomic E-state index is 0.00632. The smallest absolute Gasteiger partial charge is 0.242 e. The molecule has 0 bridgehead atoms. The summed E-state index contributed by atoms with van der Waals surface area (Å²) >= 11 is 0. The van der Waals surface area contributed by atoms with E-state index in [0.717, 1.165) is 12.8 Å². The van der Waals surface area contributed by atoms with Crippen LogP contribution >= 0.6 is 0 Å². The molecule has 6 heteroatoms. The van der Waals surface area contributed by atoms with Gasteiger partial charge in [-0.25, -0.2) is 4.68 Å². The van der Waals surface area contributed by atoms with Crippen molar-refractivity contribution < 1.29 is 4.79 Å². The highest BCUT2D eigenvalue weighted by atomic mass is 16.2. The van der Waals surface area contributed by atoms with Gasteiger partial charge in [-0.3, -0.25) is 4.79 Å². The minimum Gasteiger partial charge on any atom is -0.352 e. The number of carbonyl (C=O) groups excluding carboxylic acids is 1. The second-order valence-electron chi connectivity index (χ2n) is 3.81. The average Bonchev–Trinajstić information content (AvgIpc) is 2.59. The van der Waals surface area contributed by atoms with Crippen molar-refractivity contribution in [3.63, 3.8) is 0 Å². The molecule has 1 aromatic rings. The molecule has 2 rings (SSSR count). The number of hydrogen-bond donors (Lipinski definition) is 2. The largest absolute Gasteiger partial charge is 0.352 e. The molecule has 0 unspecified atom stereocenters. The maximum Gasteiger partial charge on any atom is 0.242 e. The van der Waals surface area contributed by atoms with Gasteiger partial charge < -0.3 is 11.1 Å². The lowest BCUT2D eigenvalue weighted by Gasteiger charge is -2.26. The van der Waals surface area contributed by atoms with Gasteiger partial charge in [0, 0.05) is 12.6 Å². The van der Waals surface area contributed by atoms with Gasteiger partial charge >= 0.3 is 0 Å². The van der Waals surface area contributed by atoms with E-state index in [9.17, 15) is 4.79 Å². The fourth-order valence-corrected chi connectivity index (χ4v) is 1.48. The summed E-state index contributed by atoms with van der Waals surface area (Å²) in [6, 6.07) is 0.370. The van der Waals surface area contributed by atoms with Crippen LogP contribution in [0.25, 0.3) is 0 Å². The Hall–Kier alpha value is -1.43. The zero-order chi connectivity index (χ0) is 10.7. The highest BCUT2D eigenvalue weighted by Gasteiger charge is 2.19. The van der Waals surface area contributed by atoms with Crippen LogP contribution < -0.4 is 11.1 Å². The first-order valence-corrected chi connectivity index (χ1v) is 5.16. The zero-order valence-corrected chi connectivity index (χ0v) is 8.52. The van der Waals surface area contributed by atoms with Crippen LogP contribution in [0.2, 0.25) is 0 Å². The van der Waals surface area contributed by atoms with Gasteiger partial charge in [0.2, 0.25) is 5.91 Å². The number of nitrogens with two attached hydrogens (primary N) is 1. The minimum atomic E-state index is -0.00632. The first-order valence-electron chi connectivity index (χ1n) is 5.16. The Labute approximate surface area is 87.8 Å². The summed E-state index contributed by atoms with van der Waals surface area (Å²) in [5.74, 6) is -0.00632. The summed E-state index contributed by atoms with van der Waals surface area (Å²) in [4.78, 5) is 11.5. The highest BCUT2D eigenvalue weighted by molar-refractivity contribution is 5.76. The number of amides is 1. The van der Waals surface area contributed by atoms with Crippen LogP contribution in [0.4, 0.5) is 0 Å². The molecule has 1 aliphatic rings. The van der Waals surface area contributed by atoms with E-state index in [4.69, 9.17) is 5.73 Å². The Balaban J connectivity index is 1.82. The Morgan fingerprint density at radius 2 is 2.47 bits per heavy atom. The molecule has 82 valence electrons. The first-order chi connectivity index (χ1) is 7.28. The van der Waals surface area contributed by atoms with Crippen molar-refractivity contribution in [3.05, 3.63) is 11.9 Å². The summed E-state index contributed by atoms with van der Waals surface area (Å²) in [5.41, 5.74) is 6.09. The molecule has 1 aromatic heterocycles. The number of nitrogens with zero attached hydrogens (tertiary/aromatic N) is 3. The lowest BCUT2D eigenvalue weighted by Crippen LogP contribution is -2.41. The third-order valence-electron chi connectivity index (χ3n) is 2.57. The highest BCUT2D eigenvalue weighted by Crippen LogP contribution is 2.17. The van der Waals surface area contributed by atoms with E-state index in [-0.39, 0.29) is 12.5 Å². The molecule has 0 spiro atoms. The molecule has 0 aliphatic heterocycles. The van der Waals surface area contributed by atoms with Crippen molar-refractivity contribution in [2.45, 2.75) is 38.4 Å². The fraction of sp³-hybridized carbons (Fsp3) is 0.667. The molecule has 0 radical (unpaired) electrons. The van der Waals surface area contributed by atoms with Crippen LogP contribution in [0.15, 0.2) is 6.20 Å². The Morgan fingerprint density at radius 3 is 3.00 bits per heavy atom. The van der Waals surface area contributed by atoms with Gasteiger partial charge in [-0.2, -0.15) is 0 Å². The first kappa shape index (κ1) is 10.1. The molecule has 0 atom stereocenters. The van der Waals surface area contributed by atoms with Crippen molar-refractivity contribution in [2.75, 3.05) is 0 Å². The van der Waals surface area contributed by atoms with Gasteiger partial charge in [-0.15, -0.1) is 5.10 Å². The van der Waals surface area contributed by atoms with Crippen LogP contribution in [0.3, 0.4) is 0 Å². The lowest BCUT2D eigenvalue weighted by atomic mass is 9.93. The second kappa shape index (κ2) is 4.39. The Morgan fingerprint density at radius 1 is 1.67 bits per heavy atom. The monoisotopic (exact) mass is 209 g/mol. The number of carbonyl (C=O) groups is 1. The van der Waals surface area contributed by atoms with Crippen molar-refractivity contribution >= 4 is 5.91 Å². The van der Waals surface area contributed by atoms with Crippen LogP contribution in [0, 0.1) is 0 Å². The van der Waals surface area contributed by atoms with Gasteiger partial charge in [0.15, 0.2) is 0 Å². The van der Waals surface area contributed by atoms with Crippen molar-refractivity contribution in [1.29, 1.82) is 0 Å². The standard InChI is InChI=1S/C9H15N5O/c10-4-8-5-14(13-12-8)6-9(15)11-7-2-1-3-7/h5,7H,1-4,6,10H2,(H,11,15). The molecule has 0 saturated heterocycles. The lowest BCUT2D eigenvalue weighted by molar-refractivity contribution is -0.123. The zero-order valence-electron chi connectivity index (χ0n) is 8.52. The molecule has 1 aliphatic carbocycles. The quantitative estimate of drug-likeness (QED) is 0.693.